The third kappa shape index (κ3) is 13.1. The van der Waals surface area contributed by atoms with E-state index in [0.717, 1.165) is 34.1 Å². The number of thiophene rings is 1. The van der Waals surface area contributed by atoms with Gasteiger partial charge in [-0.15, -0.1) is 11.3 Å². The molecule has 0 bridgehead atoms. The van der Waals surface area contributed by atoms with Gasteiger partial charge in [-0.05, 0) is 184 Å². The van der Waals surface area contributed by atoms with E-state index in [-0.39, 0.29) is 16.2 Å². The van der Waals surface area contributed by atoms with E-state index in [2.05, 4.69) is 273 Å². The largest absolute Gasteiger partial charge is 0.311 e. The van der Waals surface area contributed by atoms with Crippen molar-refractivity contribution >= 4 is 45.5 Å². The first-order valence-electron chi connectivity index (χ1n) is 31.2. The van der Waals surface area contributed by atoms with Crippen LogP contribution in [0.2, 0.25) is 0 Å². The van der Waals surface area contributed by atoms with Gasteiger partial charge in [0.15, 0.2) is 0 Å². The van der Waals surface area contributed by atoms with Crippen LogP contribution >= 0.6 is 11.3 Å². The quantitative estimate of drug-likeness (QED) is 0.0589. The highest BCUT2D eigenvalue weighted by atomic mass is 32.1. The van der Waals surface area contributed by atoms with E-state index in [4.69, 9.17) is 0 Å². The third-order valence-corrected chi connectivity index (χ3v) is 18.8. The number of rotatable bonds is 23. The molecule has 1 heterocycles. The number of benzene rings is 8. The second-order valence-corrected chi connectivity index (χ2v) is 26.9. The summed E-state index contributed by atoms with van der Waals surface area (Å²) in [4.78, 5) is 7.39. The van der Waals surface area contributed by atoms with Crippen LogP contribution in [0.1, 0.15) is 179 Å². The summed E-state index contributed by atoms with van der Waals surface area (Å²) in [6.45, 7) is 22.8. The maximum Gasteiger partial charge on any atom is 0.0462 e. The number of hydrogen-bond donors (Lipinski definition) is 0. The summed E-state index contributed by atoms with van der Waals surface area (Å²) in [5, 5.41) is 0. The van der Waals surface area contributed by atoms with Crippen LogP contribution in [0.3, 0.4) is 0 Å². The Morgan fingerprint density at radius 1 is 0.329 bits per heavy atom. The molecule has 422 valence electrons. The lowest BCUT2D eigenvalue weighted by atomic mass is 9.70. The second kappa shape index (κ2) is 25.7. The van der Waals surface area contributed by atoms with Crippen LogP contribution in [0, 0.1) is 13.8 Å². The molecule has 8 aromatic carbocycles. The minimum Gasteiger partial charge on any atom is -0.311 e. The molecule has 0 N–H and O–H groups in total. The molecule has 1 aliphatic carbocycles. The fourth-order valence-corrected chi connectivity index (χ4v) is 13.7. The van der Waals surface area contributed by atoms with Crippen molar-refractivity contribution in [3.05, 3.63) is 228 Å². The summed E-state index contributed by atoms with van der Waals surface area (Å²) < 4.78 is 0. The Hall–Kier alpha value is -6.94. The maximum atomic E-state index is 2.62. The Labute approximate surface area is 498 Å². The Morgan fingerprint density at radius 3 is 1.09 bits per heavy atom. The summed E-state index contributed by atoms with van der Waals surface area (Å²) >= 11 is 1.92. The van der Waals surface area contributed by atoms with Crippen molar-refractivity contribution in [2.75, 3.05) is 9.80 Å². The number of unbranched alkanes of at least 4 members (excludes halogenated alkanes) is 10. The molecule has 82 heavy (non-hydrogen) atoms. The van der Waals surface area contributed by atoms with Crippen LogP contribution in [0.5, 0.6) is 0 Å². The van der Waals surface area contributed by atoms with Gasteiger partial charge in [0.25, 0.3) is 0 Å². The second-order valence-electron chi connectivity index (χ2n) is 25.8. The lowest BCUT2D eigenvalue weighted by molar-refractivity contribution is 0.398. The molecule has 0 unspecified atom stereocenters. The van der Waals surface area contributed by atoms with Gasteiger partial charge < -0.3 is 9.80 Å². The molecule has 0 spiro atoms. The topological polar surface area (TPSA) is 6.48 Å². The monoisotopic (exact) mass is 1100 g/mol. The summed E-state index contributed by atoms with van der Waals surface area (Å²) in [5.41, 5.74) is 23.4. The zero-order chi connectivity index (χ0) is 57.4. The van der Waals surface area contributed by atoms with E-state index < -0.39 is 0 Å². The summed E-state index contributed by atoms with van der Waals surface area (Å²) in [7, 11) is 0. The number of nitrogens with zero attached hydrogens (tertiary/aromatic N) is 2. The SMILES string of the molecule is CCCCCCCCC1(CCCCCCCC)c2cc(C)ccc2-c2ccc(-c3ccc(-c4ccc(N(c5ccc(-c6ccc(N(c7ccc(C)cc7)c7ccc(C(C)(C)C)cc7)cc6)cc5)c5ccc(C(C)(C)C)cc5)cc4)s3)cc21. The molecule has 0 aliphatic heterocycles. The molecule has 2 nitrogen and oxygen atoms in total. The normalized spacial score (nSPS) is 12.8. The van der Waals surface area contributed by atoms with E-state index >= 15 is 0 Å². The van der Waals surface area contributed by atoms with E-state index in [0.29, 0.717) is 0 Å². The van der Waals surface area contributed by atoms with Gasteiger partial charge >= 0.3 is 0 Å². The minimum atomic E-state index is 0.0595. The van der Waals surface area contributed by atoms with Gasteiger partial charge in [-0.1, -0.05) is 247 Å². The fourth-order valence-electron chi connectivity index (χ4n) is 12.7. The van der Waals surface area contributed by atoms with Crippen molar-refractivity contribution in [3.8, 4) is 43.1 Å². The molecule has 0 radical (unpaired) electrons. The average Bonchev–Trinajstić information content (AvgIpc) is 3.33. The molecular weight excluding hydrogens is 1010 g/mol. The van der Waals surface area contributed by atoms with Crippen molar-refractivity contribution < 1.29 is 0 Å². The minimum absolute atomic E-state index is 0.0595. The van der Waals surface area contributed by atoms with Crippen molar-refractivity contribution in [1.82, 2.24) is 0 Å². The predicted octanol–water partition coefficient (Wildman–Crippen LogP) is 24.7. The Bertz CT molecular complexity index is 3480. The smallest absolute Gasteiger partial charge is 0.0462 e. The van der Waals surface area contributed by atoms with Gasteiger partial charge in [0.1, 0.15) is 0 Å². The molecule has 1 aliphatic rings. The lowest BCUT2D eigenvalue weighted by Gasteiger charge is -2.33. The summed E-state index contributed by atoms with van der Waals surface area (Å²) in [5.74, 6) is 0. The first-order chi connectivity index (χ1) is 39.6. The highest BCUT2D eigenvalue weighted by molar-refractivity contribution is 7.18. The van der Waals surface area contributed by atoms with Crippen molar-refractivity contribution in [2.24, 2.45) is 0 Å². The number of aryl methyl sites for hydroxylation is 2. The summed E-state index contributed by atoms with van der Waals surface area (Å²) in [6.07, 6.45) is 18.4. The molecular formula is C79H90N2S. The van der Waals surface area contributed by atoms with Crippen LogP contribution in [0.15, 0.2) is 194 Å². The van der Waals surface area contributed by atoms with E-state index in [1.54, 1.807) is 11.1 Å². The standard InChI is InChI=1S/C79H90N2S/c1-11-13-15-17-19-21-53-79(54-22-20-18-16-14-12-2)73-55-58(4)25-49-71(73)72-50-32-62(56-74(72)79)76-52-51-75(82-76)61-30-43-68(44-31-61)81(70-47-35-64(36-48-70)78(8,9)10)67-41-28-60(29-42-67)59-26-39-66(40-27-59)80(65-37-23-57(3)24-38-65)69-45-33-63(34-46-69)77(5,6)7/h23-52,55-56H,11-22,53-54H2,1-10H3. The van der Waals surface area contributed by atoms with E-state index in [9.17, 15) is 0 Å². The Kier molecular flexibility index (Phi) is 18.2. The van der Waals surface area contributed by atoms with Crippen LogP contribution in [-0.4, -0.2) is 0 Å². The lowest BCUT2D eigenvalue weighted by Crippen LogP contribution is -2.25. The molecule has 0 saturated heterocycles. The predicted molar refractivity (Wildman–Crippen MR) is 359 cm³/mol. The van der Waals surface area contributed by atoms with Gasteiger partial charge in [0.2, 0.25) is 0 Å². The molecule has 3 heteroatoms. The maximum absolute atomic E-state index is 2.62. The van der Waals surface area contributed by atoms with E-state index in [1.165, 1.54) is 155 Å². The number of hydrogen-bond acceptors (Lipinski definition) is 3. The van der Waals surface area contributed by atoms with Gasteiger partial charge in [-0.2, -0.15) is 0 Å². The third-order valence-electron chi connectivity index (χ3n) is 17.6. The van der Waals surface area contributed by atoms with Crippen LogP contribution in [0.25, 0.3) is 43.1 Å². The molecule has 9 aromatic rings. The van der Waals surface area contributed by atoms with Gasteiger partial charge in [0, 0.05) is 49.3 Å². The Morgan fingerprint density at radius 2 is 0.659 bits per heavy atom. The van der Waals surface area contributed by atoms with Crippen molar-refractivity contribution in [1.29, 1.82) is 0 Å². The average molecular weight is 1100 g/mol. The fraction of sp³-hybridized carbons (Fsp3) is 0.342. The molecule has 0 amide bonds. The Balaban J connectivity index is 0.921. The number of anilines is 6. The van der Waals surface area contributed by atoms with Gasteiger partial charge in [-0.25, -0.2) is 0 Å². The first-order valence-corrected chi connectivity index (χ1v) is 32.0. The first kappa shape index (κ1) is 58.3. The van der Waals surface area contributed by atoms with Gasteiger partial charge in [-0.3, -0.25) is 0 Å². The highest BCUT2D eigenvalue weighted by Gasteiger charge is 2.42. The van der Waals surface area contributed by atoms with Crippen LogP contribution < -0.4 is 9.80 Å². The number of fused-ring (bicyclic) bond motifs is 3. The highest BCUT2D eigenvalue weighted by Crippen LogP contribution is 2.56. The van der Waals surface area contributed by atoms with Crippen LogP contribution in [0.4, 0.5) is 34.1 Å². The molecule has 0 atom stereocenters. The molecule has 1 aromatic heterocycles. The van der Waals surface area contributed by atoms with Crippen molar-refractivity contribution in [3.63, 3.8) is 0 Å². The molecule has 10 rings (SSSR count). The van der Waals surface area contributed by atoms with E-state index in [1.807, 2.05) is 11.3 Å². The zero-order valence-electron chi connectivity index (χ0n) is 51.2. The van der Waals surface area contributed by atoms with Crippen LogP contribution in [-0.2, 0) is 16.2 Å². The zero-order valence-corrected chi connectivity index (χ0v) is 52.0. The molecule has 0 fully saturated rings. The van der Waals surface area contributed by atoms with Crippen molar-refractivity contribution in [2.45, 2.75) is 175 Å². The molecule has 0 saturated carbocycles. The summed E-state index contributed by atoms with van der Waals surface area (Å²) in [6, 6.07) is 74.0. The van der Waals surface area contributed by atoms with Gasteiger partial charge in [0.05, 0.1) is 0 Å².